The number of fused-ring (bicyclic) bond motifs is 4. The number of carbonyl (C=O) groups is 4. The number of hydrogen-bond acceptors (Lipinski definition) is 6. The van der Waals surface area contributed by atoms with E-state index in [9.17, 15) is 19.2 Å². The van der Waals surface area contributed by atoms with Crippen molar-refractivity contribution >= 4 is 45.3 Å². The summed E-state index contributed by atoms with van der Waals surface area (Å²) in [5.74, 6) is -4.00. The van der Waals surface area contributed by atoms with Crippen LogP contribution >= 0.6 is 15.9 Å². The van der Waals surface area contributed by atoms with Crippen molar-refractivity contribution < 1.29 is 29.0 Å². The van der Waals surface area contributed by atoms with E-state index in [1.54, 1.807) is 18.2 Å². The minimum atomic E-state index is -1.42. The van der Waals surface area contributed by atoms with Gasteiger partial charge < -0.3 is 15.2 Å². The van der Waals surface area contributed by atoms with Crippen LogP contribution in [0, 0.1) is 11.8 Å². The number of carboxylic acids is 1. The van der Waals surface area contributed by atoms with Crippen molar-refractivity contribution in [2.75, 3.05) is 25.6 Å². The maximum Gasteiger partial charge on any atom is 0.303 e. The molecule has 154 valence electrons. The summed E-state index contributed by atoms with van der Waals surface area (Å²) in [6.07, 6.45) is -0.0462. The molecule has 9 nitrogen and oxygen atoms in total. The fraction of sp³-hybridized carbons (Fsp3) is 0.474. The molecule has 0 saturated carbocycles. The number of imide groups is 1. The van der Waals surface area contributed by atoms with Crippen molar-refractivity contribution in [2.24, 2.45) is 11.8 Å². The lowest BCUT2D eigenvalue weighted by atomic mass is 9.76. The number of halogens is 1. The molecule has 4 rings (SSSR count). The van der Waals surface area contributed by atoms with Crippen molar-refractivity contribution in [2.45, 2.75) is 24.4 Å². The van der Waals surface area contributed by atoms with Crippen LogP contribution in [0.4, 0.5) is 5.69 Å². The van der Waals surface area contributed by atoms with Gasteiger partial charge in [-0.15, -0.1) is 0 Å². The van der Waals surface area contributed by atoms with Crippen LogP contribution in [0.1, 0.15) is 18.4 Å². The van der Waals surface area contributed by atoms with E-state index in [4.69, 9.17) is 9.84 Å². The third kappa shape index (κ3) is 2.89. The first-order valence-corrected chi connectivity index (χ1v) is 10.1. The number of carbonyl (C=O) groups excluding carboxylic acids is 3. The monoisotopic (exact) mass is 465 g/mol. The molecule has 1 spiro atoms. The molecule has 0 aromatic heterocycles. The van der Waals surface area contributed by atoms with Gasteiger partial charge in [-0.1, -0.05) is 15.9 Å². The first-order chi connectivity index (χ1) is 13.8. The predicted octanol–water partition coefficient (Wildman–Crippen LogP) is 0.681. The highest BCUT2D eigenvalue weighted by Crippen LogP contribution is 2.53. The van der Waals surface area contributed by atoms with Crippen LogP contribution in [0.15, 0.2) is 22.7 Å². The number of anilines is 1. The molecule has 0 bridgehead atoms. The Labute approximate surface area is 174 Å². The summed E-state index contributed by atoms with van der Waals surface area (Å²) in [6, 6.07) is 4.65. The van der Waals surface area contributed by atoms with Gasteiger partial charge in [0.05, 0.1) is 25.0 Å². The lowest BCUT2D eigenvalue weighted by Crippen LogP contribution is -2.53. The largest absolute Gasteiger partial charge is 0.481 e. The SMILES string of the molecule is COCCN1C(=O)[C@H]2[C@@H](C1=O)[C@]1(N[C@@H]2CCC(=O)O)C(=O)Nc2ccc(Br)cc21. The van der Waals surface area contributed by atoms with Gasteiger partial charge in [0, 0.05) is 35.3 Å². The molecule has 1 aromatic rings. The predicted molar refractivity (Wildman–Crippen MR) is 104 cm³/mol. The van der Waals surface area contributed by atoms with E-state index in [1.165, 1.54) is 7.11 Å². The molecular weight excluding hydrogens is 446 g/mol. The van der Waals surface area contributed by atoms with Crippen LogP contribution in [0.25, 0.3) is 0 Å². The molecular formula is C19H20BrN3O6. The highest BCUT2D eigenvalue weighted by Gasteiger charge is 2.70. The van der Waals surface area contributed by atoms with Gasteiger partial charge in [0.15, 0.2) is 0 Å². The van der Waals surface area contributed by atoms with E-state index < -0.39 is 47.1 Å². The van der Waals surface area contributed by atoms with Crippen molar-refractivity contribution in [1.82, 2.24) is 10.2 Å². The fourth-order valence-corrected chi connectivity index (χ4v) is 5.13. The van der Waals surface area contributed by atoms with Crippen molar-refractivity contribution in [1.29, 1.82) is 0 Å². The van der Waals surface area contributed by atoms with Gasteiger partial charge >= 0.3 is 5.97 Å². The van der Waals surface area contributed by atoms with Gasteiger partial charge in [-0.25, -0.2) is 0 Å². The maximum absolute atomic E-state index is 13.3. The quantitative estimate of drug-likeness (QED) is 0.527. The number of rotatable bonds is 6. The second kappa shape index (κ2) is 7.19. The van der Waals surface area contributed by atoms with Crippen LogP contribution in [0.5, 0.6) is 0 Å². The number of nitrogens with zero attached hydrogens (tertiary/aromatic N) is 1. The number of hydrogen-bond donors (Lipinski definition) is 3. The first-order valence-electron chi connectivity index (χ1n) is 9.26. The van der Waals surface area contributed by atoms with Gasteiger partial charge in [0.1, 0.15) is 5.54 Å². The zero-order valence-electron chi connectivity index (χ0n) is 15.6. The summed E-state index contributed by atoms with van der Waals surface area (Å²) in [4.78, 5) is 51.8. The molecule has 2 fully saturated rings. The Hall–Kier alpha value is -2.30. The molecule has 3 aliphatic heterocycles. The van der Waals surface area contributed by atoms with Crippen molar-refractivity contribution in [3.8, 4) is 0 Å². The second-order valence-corrected chi connectivity index (χ2v) is 8.38. The first kappa shape index (κ1) is 20.0. The normalized spacial score (nSPS) is 30.1. The minimum absolute atomic E-state index is 0.0931. The Kier molecular flexibility index (Phi) is 4.96. The average Bonchev–Trinajstić information content (AvgIpc) is 3.24. The molecule has 1 aromatic carbocycles. The Balaban J connectivity index is 1.81. The number of carboxylic acid groups (broad SMARTS) is 1. The maximum atomic E-state index is 13.3. The van der Waals surface area contributed by atoms with Crippen LogP contribution in [0.2, 0.25) is 0 Å². The fourth-order valence-electron chi connectivity index (χ4n) is 4.76. The molecule has 3 N–H and O–H groups in total. The third-order valence-corrected chi connectivity index (χ3v) is 6.45. The van der Waals surface area contributed by atoms with Gasteiger partial charge in [0.2, 0.25) is 17.7 Å². The summed E-state index contributed by atoms with van der Waals surface area (Å²) >= 11 is 3.40. The number of benzene rings is 1. The molecule has 2 saturated heterocycles. The number of aliphatic carboxylic acids is 1. The van der Waals surface area contributed by atoms with Crippen molar-refractivity contribution in [3.63, 3.8) is 0 Å². The second-order valence-electron chi connectivity index (χ2n) is 7.46. The number of ether oxygens (including phenoxy) is 1. The van der Waals surface area contributed by atoms with Gasteiger partial charge in [-0.3, -0.25) is 29.4 Å². The molecule has 0 aliphatic carbocycles. The Bertz CT molecular complexity index is 921. The Morgan fingerprint density at radius 2 is 2.07 bits per heavy atom. The standard InChI is InChI=1S/C19H20BrN3O6/c1-29-7-6-23-16(26)14-12(4-5-13(24)25)22-19(15(14)17(23)27)10-8-9(20)2-3-11(10)21-18(19)28/h2-3,8,12,14-15,22H,4-7H2,1H3,(H,21,28)(H,24,25)/t12-,14-,15+,19+/m1/s1. The number of amides is 3. The van der Waals surface area contributed by atoms with Gasteiger partial charge in [-0.05, 0) is 24.6 Å². The van der Waals surface area contributed by atoms with Crippen molar-refractivity contribution in [3.05, 3.63) is 28.2 Å². The Morgan fingerprint density at radius 1 is 1.31 bits per heavy atom. The van der Waals surface area contributed by atoms with E-state index in [0.29, 0.717) is 11.3 Å². The lowest BCUT2D eigenvalue weighted by Gasteiger charge is -2.29. The third-order valence-electron chi connectivity index (χ3n) is 5.96. The average molecular weight is 466 g/mol. The summed E-state index contributed by atoms with van der Waals surface area (Å²) in [6.45, 7) is 0.279. The smallest absolute Gasteiger partial charge is 0.303 e. The summed E-state index contributed by atoms with van der Waals surface area (Å²) in [5.41, 5.74) is -0.264. The van der Waals surface area contributed by atoms with Crippen LogP contribution < -0.4 is 10.6 Å². The highest BCUT2D eigenvalue weighted by atomic mass is 79.9. The van der Waals surface area contributed by atoms with Gasteiger partial charge in [-0.2, -0.15) is 0 Å². The van der Waals surface area contributed by atoms with Crippen LogP contribution in [0.3, 0.4) is 0 Å². The molecule has 0 radical (unpaired) electrons. The van der Waals surface area contributed by atoms with E-state index in [1.807, 2.05) is 0 Å². The molecule has 10 heteroatoms. The lowest BCUT2D eigenvalue weighted by molar-refractivity contribution is -0.144. The summed E-state index contributed by atoms with van der Waals surface area (Å²) < 4.78 is 5.74. The van der Waals surface area contributed by atoms with E-state index in [0.717, 1.165) is 9.37 Å². The highest BCUT2D eigenvalue weighted by molar-refractivity contribution is 9.10. The van der Waals surface area contributed by atoms with Crippen LogP contribution in [-0.2, 0) is 29.5 Å². The molecule has 4 atom stereocenters. The molecule has 29 heavy (non-hydrogen) atoms. The molecule has 3 amide bonds. The number of nitrogens with one attached hydrogen (secondary N) is 2. The van der Waals surface area contributed by atoms with Crippen LogP contribution in [-0.4, -0.2) is 60.0 Å². The minimum Gasteiger partial charge on any atom is -0.481 e. The number of likely N-dealkylation sites (tertiary alicyclic amines) is 1. The van der Waals surface area contributed by atoms with E-state index in [2.05, 4.69) is 26.6 Å². The van der Waals surface area contributed by atoms with E-state index >= 15 is 0 Å². The summed E-state index contributed by atoms with van der Waals surface area (Å²) in [7, 11) is 1.47. The molecule has 0 unspecified atom stereocenters. The zero-order valence-corrected chi connectivity index (χ0v) is 17.2. The molecule has 3 heterocycles. The van der Waals surface area contributed by atoms with Gasteiger partial charge in [0.25, 0.3) is 0 Å². The topological polar surface area (TPSA) is 125 Å². The molecule has 3 aliphatic rings. The van der Waals surface area contributed by atoms with E-state index in [-0.39, 0.29) is 26.0 Å². The number of methoxy groups -OCH3 is 1. The zero-order chi connectivity index (χ0) is 20.9. The summed E-state index contributed by atoms with van der Waals surface area (Å²) in [5, 5.41) is 15.1. The Morgan fingerprint density at radius 3 is 2.76 bits per heavy atom.